The number of hydrogen-bond donors (Lipinski definition) is 1. The Labute approximate surface area is 173 Å². The van der Waals surface area contributed by atoms with Gasteiger partial charge in [0.2, 0.25) is 5.95 Å². The minimum absolute atomic E-state index is 0.00463. The number of benzene rings is 2. The van der Waals surface area contributed by atoms with Crippen LogP contribution in [0.25, 0.3) is 0 Å². The summed E-state index contributed by atoms with van der Waals surface area (Å²) >= 11 is 0. The van der Waals surface area contributed by atoms with Crippen LogP contribution in [0.15, 0.2) is 58.1 Å². The summed E-state index contributed by atoms with van der Waals surface area (Å²) in [6.07, 6.45) is 0.00463. The van der Waals surface area contributed by atoms with Crippen LogP contribution < -0.4 is 21.4 Å². The van der Waals surface area contributed by atoms with E-state index in [4.69, 9.17) is 4.74 Å². The summed E-state index contributed by atoms with van der Waals surface area (Å²) in [6, 6.07) is 12.7. The van der Waals surface area contributed by atoms with Crippen LogP contribution in [0.4, 0.5) is 16.0 Å². The van der Waals surface area contributed by atoms with Crippen molar-refractivity contribution in [2.75, 3.05) is 5.32 Å². The zero-order chi connectivity index (χ0) is 21.8. The van der Waals surface area contributed by atoms with E-state index in [2.05, 4.69) is 10.3 Å². The number of rotatable bonds is 7. The Bertz CT molecular complexity index is 1130. The van der Waals surface area contributed by atoms with Crippen LogP contribution >= 0.6 is 0 Å². The fourth-order valence-corrected chi connectivity index (χ4v) is 3.01. The van der Waals surface area contributed by atoms with Crippen molar-refractivity contribution in [3.05, 3.63) is 80.9 Å². The van der Waals surface area contributed by atoms with E-state index in [0.29, 0.717) is 17.0 Å². The van der Waals surface area contributed by atoms with Crippen LogP contribution in [-0.2, 0) is 6.54 Å². The molecule has 0 unspecified atom stereocenters. The monoisotopic (exact) mass is 412 g/mol. The van der Waals surface area contributed by atoms with Gasteiger partial charge < -0.3 is 10.1 Å². The van der Waals surface area contributed by atoms with Gasteiger partial charge in [0, 0.05) is 17.8 Å². The molecular weight excluding hydrogens is 387 g/mol. The van der Waals surface area contributed by atoms with Crippen molar-refractivity contribution in [1.82, 2.24) is 14.1 Å². The van der Waals surface area contributed by atoms with Gasteiger partial charge in [-0.25, -0.2) is 18.5 Å². The molecule has 0 saturated heterocycles. The van der Waals surface area contributed by atoms with Crippen molar-refractivity contribution >= 4 is 11.6 Å². The lowest BCUT2D eigenvalue weighted by molar-refractivity contribution is 0.242. The molecule has 30 heavy (non-hydrogen) atoms. The first-order valence-corrected chi connectivity index (χ1v) is 9.76. The van der Waals surface area contributed by atoms with E-state index in [1.165, 1.54) is 16.7 Å². The molecule has 158 valence electrons. The van der Waals surface area contributed by atoms with E-state index >= 15 is 0 Å². The molecule has 7 nitrogen and oxygen atoms in total. The van der Waals surface area contributed by atoms with E-state index < -0.39 is 11.4 Å². The molecule has 8 heteroatoms. The lowest BCUT2D eigenvalue weighted by Gasteiger charge is -2.17. The molecule has 0 saturated carbocycles. The Hall–Kier alpha value is -3.42. The van der Waals surface area contributed by atoms with Crippen molar-refractivity contribution in [3.63, 3.8) is 0 Å². The fraction of sp³-hybridized carbons (Fsp3) is 0.318. The molecule has 0 bridgehead atoms. The van der Waals surface area contributed by atoms with Crippen LogP contribution in [0.5, 0.6) is 5.75 Å². The SMILES string of the molecule is CC(C)Oc1cccc(Nc2nc(=O)n(C(C)C)c(=O)n2Cc2ccc(F)cc2)c1. The van der Waals surface area contributed by atoms with E-state index in [1.807, 2.05) is 19.9 Å². The molecule has 0 fully saturated rings. The second-order valence-electron chi connectivity index (χ2n) is 7.50. The van der Waals surface area contributed by atoms with Crippen LogP contribution in [0.2, 0.25) is 0 Å². The molecule has 0 aliphatic carbocycles. The molecule has 3 aromatic rings. The topological polar surface area (TPSA) is 78.2 Å². The summed E-state index contributed by atoms with van der Waals surface area (Å²) in [5, 5.41) is 3.05. The number of ether oxygens (including phenoxy) is 1. The molecule has 2 aromatic carbocycles. The zero-order valence-electron chi connectivity index (χ0n) is 17.4. The van der Waals surface area contributed by atoms with Gasteiger partial charge in [-0.1, -0.05) is 18.2 Å². The van der Waals surface area contributed by atoms with Crippen molar-refractivity contribution in [2.45, 2.75) is 46.4 Å². The highest BCUT2D eigenvalue weighted by atomic mass is 19.1. The Morgan fingerprint density at radius 3 is 2.40 bits per heavy atom. The van der Waals surface area contributed by atoms with Gasteiger partial charge in [0.05, 0.1) is 12.6 Å². The van der Waals surface area contributed by atoms with Crippen molar-refractivity contribution in [1.29, 1.82) is 0 Å². The number of halogens is 1. The summed E-state index contributed by atoms with van der Waals surface area (Å²) in [5.74, 6) is 0.391. The normalized spacial score (nSPS) is 11.2. The smallest absolute Gasteiger partial charge is 0.355 e. The molecule has 0 radical (unpaired) electrons. The molecule has 0 atom stereocenters. The van der Waals surface area contributed by atoms with Gasteiger partial charge in [-0.3, -0.25) is 4.57 Å². The van der Waals surface area contributed by atoms with Gasteiger partial charge in [-0.05, 0) is 57.5 Å². The largest absolute Gasteiger partial charge is 0.491 e. The van der Waals surface area contributed by atoms with Crippen LogP contribution in [-0.4, -0.2) is 20.2 Å². The number of nitrogens with zero attached hydrogens (tertiary/aromatic N) is 3. The van der Waals surface area contributed by atoms with Crippen LogP contribution in [0.3, 0.4) is 0 Å². The van der Waals surface area contributed by atoms with Gasteiger partial charge in [0.15, 0.2) is 0 Å². The first-order valence-electron chi connectivity index (χ1n) is 9.76. The molecule has 0 aliphatic heterocycles. The van der Waals surface area contributed by atoms with E-state index in [1.54, 1.807) is 44.2 Å². The second-order valence-corrected chi connectivity index (χ2v) is 7.50. The minimum Gasteiger partial charge on any atom is -0.491 e. The zero-order valence-corrected chi connectivity index (χ0v) is 17.4. The molecule has 0 amide bonds. The van der Waals surface area contributed by atoms with Crippen molar-refractivity contribution in [2.24, 2.45) is 0 Å². The lowest BCUT2D eigenvalue weighted by atomic mass is 10.2. The van der Waals surface area contributed by atoms with E-state index in [-0.39, 0.29) is 30.5 Å². The van der Waals surface area contributed by atoms with Crippen LogP contribution in [0, 0.1) is 5.82 Å². The lowest BCUT2D eigenvalue weighted by Crippen LogP contribution is -2.43. The molecule has 0 spiro atoms. The minimum atomic E-state index is -0.637. The molecule has 1 N–H and O–H groups in total. The first kappa shape index (κ1) is 21.3. The first-order chi connectivity index (χ1) is 14.2. The van der Waals surface area contributed by atoms with Crippen LogP contribution in [0.1, 0.15) is 39.3 Å². The summed E-state index contributed by atoms with van der Waals surface area (Å²) in [7, 11) is 0. The Morgan fingerprint density at radius 1 is 1.07 bits per heavy atom. The number of hydrogen-bond acceptors (Lipinski definition) is 5. The van der Waals surface area contributed by atoms with Crippen molar-refractivity contribution < 1.29 is 9.13 Å². The quantitative estimate of drug-likeness (QED) is 0.640. The van der Waals surface area contributed by atoms with Gasteiger partial charge in [-0.2, -0.15) is 4.98 Å². The number of anilines is 2. The highest BCUT2D eigenvalue weighted by Gasteiger charge is 2.16. The summed E-state index contributed by atoms with van der Waals surface area (Å²) in [5.41, 5.74) is 0.192. The molecule has 1 heterocycles. The highest BCUT2D eigenvalue weighted by molar-refractivity contribution is 5.56. The maximum Gasteiger partial charge on any atom is 0.355 e. The van der Waals surface area contributed by atoms with Gasteiger partial charge in [0.1, 0.15) is 11.6 Å². The molecular formula is C22H25FN4O3. The average Bonchev–Trinajstić information content (AvgIpc) is 2.65. The third kappa shape index (κ3) is 4.94. The Morgan fingerprint density at radius 2 is 1.77 bits per heavy atom. The highest BCUT2D eigenvalue weighted by Crippen LogP contribution is 2.21. The summed E-state index contributed by atoms with van der Waals surface area (Å²) in [4.78, 5) is 29.7. The second kappa shape index (κ2) is 8.94. The van der Waals surface area contributed by atoms with Gasteiger partial charge in [0.25, 0.3) is 0 Å². The van der Waals surface area contributed by atoms with Gasteiger partial charge >= 0.3 is 11.4 Å². The third-order valence-corrected chi connectivity index (χ3v) is 4.33. The van der Waals surface area contributed by atoms with E-state index in [9.17, 15) is 14.0 Å². The predicted molar refractivity (Wildman–Crippen MR) is 114 cm³/mol. The summed E-state index contributed by atoms with van der Waals surface area (Å²) < 4.78 is 21.4. The van der Waals surface area contributed by atoms with Crippen molar-refractivity contribution in [3.8, 4) is 5.75 Å². The fourth-order valence-electron chi connectivity index (χ4n) is 3.01. The number of aromatic nitrogens is 3. The third-order valence-electron chi connectivity index (χ3n) is 4.33. The molecule has 3 rings (SSSR count). The molecule has 1 aromatic heterocycles. The average molecular weight is 412 g/mol. The van der Waals surface area contributed by atoms with E-state index in [0.717, 1.165) is 4.57 Å². The summed E-state index contributed by atoms with van der Waals surface area (Å²) in [6.45, 7) is 7.46. The maximum absolute atomic E-state index is 13.3. The van der Waals surface area contributed by atoms with Gasteiger partial charge in [-0.15, -0.1) is 0 Å². The number of nitrogens with one attached hydrogen (secondary N) is 1. The Balaban J connectivity index is 2.05. The predicted octanol–water partition coefficient (Wildman–Crippen LogP) is 3.70. The maximum atomic E-state index is 13.3. The Kier molecular flexibility index (Phi) is 6.34. The molecule has 0 aliphatic rings. The standard InChI is InChI=1S/C22H25FN4O3/c1-14(2)27-21(28)25-20(24-18-6-5-7-19(12-18)30-15(3)4)26(22(27)29)13-16-8-10-17(23)11-9-16/h5-12,14-15H,13H2,1-4H3,(H,24,25,28).